The Bertz CT molecular complexity index is 1630. The molecule has 0 saturated heterocycles. The first-order chi connectivity index (χ1) is 21.2. The molecule has 4 aromatic rings. The third-order valence-electron chi connectivity index (χ3n) is 7.23. The normalized spacial score (nSPS) is 11.8. The Labute approximate surface area is 260 Å². The van der Waals surface area contributed by atoms with Crippen LogP contribution in [0.1, 0.15) is 30.0 Å². The summed E-state index contributed by atoms with van der Waals surface area (Å²) in [6.45, 7) is 3.99. The average Bonchev–Trinajstić information content (AvgIpc) is 3.05. The van der Waals surface area contributed by atoms with Crippen molar-refractivity contribution < 1.29 is 22.7 Å². The Hall–Kier alpha value is -4.63. The van der Waals surface area contributed by atoms with Crippen molar-refractivity contribution in [3.63, 3.8) is 0 Å². The minimum absolute atomic E-state index is 0.0513. The number of nitrogens with one attached hydrogen (secondary N) is 1. The van der Waals surface area contributed by atoms with Crippen LogP contribution in [0.15, 0.2) is 114 Å². The fourth-order valence-corrected chi connectivity index (χ4v) is 6.36. The zero-order valence-corrected chi connectivity index (χ0v) is 26.2. The van der Waals surface area contributed by atoms with Gasteiger partial charge in [0.05, 0.1) is 17.7 Å². The Morgan fingerprint density at radius 1 is 0.841 bits per heavy atom. The van der Waals surface area contributed by atoms with E-state index in [0.717, 1.165) is 27.4 Å². The number of nitrogens with zero attached hydrogens (tertiary/aromatic N) is 2. The first-order valence-corrected chi connectivity index (χ1v) is 16.1. The van der Waals surface area contributed by atoms with E-state index in [1.165, 1.54) is 24.1 Å². The van der Waals surface area contributed by atoms with Gasteiger partial charge < -0.3 is 15.0 Å². The molecule has 0 aliphatic carbocycles. The van der Waals surface area contributed by atoms with Gasteiger partial charge in [-0.05, 0) is 60.9 Å². The van der Waals surface area contributed by atoms with Crippen molar-refractivity contribution in [1.29, 1.82) is 0 Å². The van der Waals surface area contributed by atoms with Crippen molar-refractivity contribution in [1.82, 2.24) is 10.2 Å². The minimum Gasteiger partial charge on any atom is -0.497 e. The summed E-state index contributed by atoms with van der Waals surface area (Å²) in [4.78, 5) is 29.7. The topological polar surface area (TPSA) is 96.0 Å². The molecule has 4 aromatic carbocycles. The van der Waals surface area contributed by atoms with Crippen molar-refractivity contribution in [2.24, 2.45) is 0 Å². The molecular formula is C35H39N3O5S. The zero-order chi connectivity index (χ0) is 31.5. The molecule has 0 heterocycles. The monoisotopic (exact) mass is 613 g/mol. The molecule has 0 spiro atoms. The van der Waals surface area contributed by atoms with E-state index in [1.807, 2.05) is 68.4 Å². The van der Waals surface area contributed by atoms with Gasteiger partial charge in [-0.2, -0.15) is 0 Å². The molecule has 44 heavy (non-hydrogen) atoms. The van der Waals surface area contributed by atoms with Crippen molar-refractivity contribution in [2.75, 3.05) is 24.5 Å². The SMILES string of the molecule is CCCNC(=O)[C@@H](Cc1ccccc1)N(Cc1cccc(C)c1)C(=O)CN(c1ccc(OC)cc1)S(=O)(=O)c1ccccc1. The van der Waals surface area contributed by atoms with Crippen LogP contribution in [0.25, 0.3) is 0 Å². The predicted octanol–water partition coefficient (Wildman–Crippen LogP) is 5.37. The molecule has 4 rings (SSSR count). The Morgan fingerprint density at radius 3 is 2.09 bits per heavy atom. The summed E-state index contributed by atoms with van der Waals surface area (Å²) < 4.78 is 34.4. The van der Waals surface area contributed by atoms with Gasteiger partial charge in [0.1, 0.15) is 18.3 Å². The number of carbonyl (C=O) groups excluding carboxylic acids is 2. The number of methoxy groups -OCH3 is 1. The van der Waals surface area contributed by atoms with Gasteiger partial charge in [-0.3, -0.25) is 13.9 Å². The maximum absolute atomic E-state index is 14.4. The molecule has 0 bridgehead atoms. The fourth-order valence-electron chi connectivity index (χ4n) is 4.92. The second kappa shape index (κ2) is 15.2. The van der Waals surface area contributed by atoms with Crippen molar-refractivity contribution >= 4 is 27.5 Å². The summed E-state index contributed by atoms with van der Waals surface area (Å²) in [5.41, 5.74) is 3.03. The van der Waals surface area contributed by atoms with Gasteiger partial charge in [0, 0.05) is 19.5 Å². The second-order valence-electron chi connectivity index (χ2n) is 10.5. The quantitative estimate of drug-likeness (QED) is 0.207. The summed E-state index contributed by atoms with van der Waals surface area (Å²) in [5.74, 6) is -0.248. The average molecular weight is 614 g/mol. The van der Waals surface area contributed by atoms with E-state index >= 15 is 0 Å². The smallest absolute Gasteiger partial charge is 0.264 e. The van der Waals surface area contributed by atoms with Gasteiger partial charge in [0.25, 0.3) is 10.0 Å². The molecule has 2 amide bonds. The van der Waals surface area contributed by atoms with Gasteiger partial charge in [0.15, 0.2) is 0 Å². The molecule has 1 N–H and O–H groups in total. The third kappa shape index (κ3) is 8.26. The molecular weight excluding hydrogens is 574 g/mol. The molecule has 8 nitrogen and oxygen atoms in total. The molecule has 1 atom stereocenters. The lowest BCUT2D eigenvalue weighted by Crippen LogP contribution is -2.53. The van der Waals surface area contributed by atoms with Crippen molar-refractivity contribution in [3.8, 4) is 5.75 Å². The molecule has 230 valence electrons. The summed E-state index contributed by atoms with van der Waals surface area (Å²) >= 11 is 0. The third-order valence-corrected chi connectivity index (χ3v) is 9.01. The standard InChI is InChI=1S/C35H39N3O5S/c1-4-22-36-35(40)33(24-28-13-7-5-8-14-28)37(25-29-15-11-12-27(2)23-29)34(39)26-38(30-18-20-31(43-3)21-19-30)44(41,42)32-16-9-6-10-17-32/h5-21,23,33H,4,22,24-26H2,1-3H3,(H,36,40)/t33-/m1/s1. The van der Waals surface area contributed by atoms with Gasteiger partial charge >= 0.3 is 0 Å². The van der Waals surface area contributed by atoms with Crippen LogP contribution in [0.4, 0.5) is 5.69 Å². The maximum atomic E-state index is 14.4. The molecule has 0 radical (unpaired) electrons. The molecule has 9 heteroatoms. The van der Waals surface area contributed by atoms with Crippen LogP contribution in [0.2, 0.25) is 0 Å². The number of ether oxygens (including phenoxy) is 1. The minimum atomic E-state index is -4.16. The highest BCUT2D eigenvalue weighted by Gasteiger charge is 2.34. The Morgan fingerprint density at radius 2 is 1.48 bits per heavy atom. The molecule has 0 unspecified atom stereocenters. The maximum Gasteiger partial charge on any atom is 0.264 e. The lowest BCUT2D eigenvalue weighted by molar-refractivity contribution is -0.140. The Kier molecular flexibility index (Phi) is 11.2. The van der Waals surface area contributed by atoms with Crippen LogP contribution in [-0.4, -0.2) is 51.4 Å². The highest BCUT2D eigenvalue weighted by Crippen LogP contribution is 2.27. The molecule has 0 aromatic heterocycles. The van der Waals surface area contributed by atoms with Crippen LogP contribution < -0.4 is 14.4 Å². The van der Waals surface area contributed by atoms with E-state index in [1.54, 1.807) is 42.5 Å². The van der Waals surface area contributed by atoms with Gasteiger partial charge in [0.2, 0.25) is 11.8 Å². The first-order valence-electron chi connectivity index (χ1n) is 14.6. The van der Waals surface area contributed by atoms with Crippen LogP contribution in [0.3, 0.4) is 0 Å². The van der Waals surface area contributed by atoms with Crippen LogP contribution in [0, 0.1) is 6.92 Å². The van der Waals surface area contributed by atoms with E-state index < -0.39 is 28.5 Å². The van der Waals surface area contributed by atoms with Crippen molar-refractivity contribution in [2.45, 2.75) is 44.2 Å². The zero-order valence-electron chi connectivity index (χ0n) is 25.3. The number of aryl methyl sites for hydroxylation is 1. The summed E-state index contributed by atoms with van der Waals surface area (Å²) in [7, 11) is -2.63. The second-order valence-corrected chi connectivity index (χ2v) is 12.4. The van der Waals surface area contributed by atoms with Gasteiger partial charge in [-0.1, -0.05) is 85.3 Å². The number of anilines is 1. The number of hydrogen-bond donors (Lipinski definition) is 1. The van der Waals surface area contributed by atoms with Crippen molar-refractivity contribution in [3.05, 3.63) is 126 Å². The van der Waals surface area contributed by atoms with Crippen LogP contribution in [0.5, 0.6) is 5.75 Å². The Balaban J connectivity index is 1.79. The molecule has 0 saturated carbocycles. The molecule has 0 fully saturated rings. The van der Waals surface area contributed by atoms with E-state index in [2.05, 4.69) is 5.32 Å². The lowest BCUT2D eigenvalue weighted by Gasteiger charge is -2.34. The van der Waals surface area contributed by atoms with Crippen LogP contribution in [-0.2, 0) is 32.6 Å². The number of sulfonamides is 1. The molecule has 0 aliphatic rings. The number of amides is 2. The lowest BCUT2D eigenvalue weighted by atomic mass is 10.0. The van der Waals surface area contributed by atoms with Crippen LogP contribution >= 0.6 is 0 Å². The number of hydrogen-bond acceptors (Lipinski definition) is 5. The molecule has 0 aliphatic heterocycles. The summed E-state index contributed by atoms with van der Waals surface area (Å²) in [5, 5.41) is 2.96. The van der Waals surface area contributed by atoms with E-state index in [9.17, 15) is 18.0 Å². The number of carbonyl (C=O) groups is 2. The number of benzene rings is 4. The highest BCUT2D eigenvalue weighted by molar-refractivity contribution is 7.92. The van der Waals surface area contributed by atoms with E-state index in [4.69, 9.17) is 4.74 Å². The predicted molar refractivity (Wildman–Crippen MR) is 173 cm³/mol. The van der Waals surface area contributed by atoms with E-state index in [-0.39, 0.29) is 23.8 Å². The van der Waals surface area contributed by atoms with Gasteiger partial charge in [-0.15, -0.1) is 0 Å². The first kappa shape index (κ1) is 32.3. The largest absolute Gasteiger partial charge is 0.497 e. The van der Waals surface area contributed by atoms with Gasteiger partial charge in [-0.25, -0.2) is 8.42 Å². The summed E-state index contributed by atoms with van der Waals surface area (Å²) in [6, 6.07) is 30.9. The fraction of sp³-hybridized carbons (Fsp3) is 0.257. The number of rotatable bonds is 14. The van der Waals surface area contributed by atoms with E-state index in [0.29, 0.717) is 18.0 Å². The summed E-state index contributed by atoms with van der Waals surface area (Å²) in [6.07, 6.45) is 0.998. The highest BCUT2D eigenvalue weighted by atomic mass is 32.2.